The second-order valence-corrected chi connectivity index (χ2v) is 5.36. The molecule has 0 amide bonds. The van der Waals surface area contributed by atoms with Crippen LogP contribution >= 0.6 is 33.9 Å². The van der Waals surface area contributed by atoms with Crippen molar-refractivity contribution >= 4 is 33.9 Å². The van der Waals surface area contributed by atoms with E-state index in [-0.39, 0.29) is 0 Å². The van der Waals surface area contributed by atoms with Crippen LogP contribution in [0.2, 0.25) is 0 Å². The summed E-state index contributed by atoms with van der Waals surface area (Å²) in [5.41, 5.74) is 2.19. The molecule has 0 aliphatic rings. The topological polar surface area (TPSA) is 43.6 Å². The Morgan fingerprint density at radius 2 is 2.23 bits per heavy atom. The van der Waals surface area contributed by atoms with Gasteiger partial charge in [-0.25, -0.2) is 0 Å². The van der Waals surface area contributed by atoms with E-state index in [4.69, 9.17) is 0 Å². The molecule has 0 bridgehead atoms. The molecule has 2 heterocycles. The lowest BCUT2D eigenvalue weighted by Gasteiger charge is -1.93. The van der Waals surface area contributed by atoms with E-state index in [1.165, 1.54) is 0 Å². The van der Waals surface area contributed by atoms with E-state index in [9.17, 15) is 0 Å². The van der Waals surface area contributed by atoms with Crippen LogP contribution in [-0.4, -0.2) is 20.0 Å². The summed E-state index contributed by atoms with van der Waals surface area (Å²) in [6.45, 7) is 2.02. The summed E-state index contributed by atoms with van der Waals surface area (Å²) in [5, 5.41) is 13.1. The molecule has 0 saturated heterocycles. The highest BCUT2D eigenvalue weighted by Gasteiger charge is 2.10. The number of halogens is 1. The molecule has 0 aliphatic carbocycles. The molecule has 0 atom stereocenters. The zero-order chi connectivity index (χ0) is 9.42. The van der Waals surface area contributed by atoms with Gasteiger partial charge in [-0.15, -0.1) is 10.2 Å². The molecule has 6 heteroatoms. The van der Waals surface area contributed by atoms with Crippen molar-refractivity contribution < 1.29 is 0 Å². The fourth-order valence-electron chi connectivity index (χ4n) is 1.02. The van der Waals surface area contributed by atoms with Gasteiger partial charge in [0.15, 0.2) is 8.02 Å². The second kappa shape index (κ2) is 3.33. The largest absolute Gasteiger partial charge is 0.272 e. The van der Waals surface area contributed by atoms with Gasteiger partial charge in [-0.05, 0) is 29.5 Å². The maximum Gasteiger partial charge on any atom is 0.178 e. The van der Waals surface area contributed by atoms with Gasteiger partial charge in [-0.1, -0.05) is 11.3 Å². The predicted molar refractivity (Wildman–Crippen MR) is 59.6 cm³/mol. The molecule has 2 aromatic heterocycles. The Balaban J connectivity index is 2.52. The SMILES string of the molecule is Cc1c(-c2nnc(I)s2)cnn1C. The number of nitrogens with zero attached hydrogens (tertiary/aromatic N) is 4. The molecule has 0 spiro atoms. The summed E-state index contributed by atoms with van der Waals surface area (Å²) in [5.74, 6) is 0. The van der Waals surface area contributed by atoms with Crippen LogP contribution in [0, 0.1) is 9.94 Å². The highest BCUT2D eigenvalue weighted by Crippen LogP contribution is 2.26. The van der Waals surface area contributed by atoms with Crippen molar-refractivity contribution in [3.8, 4) is 10.6 Å². The van der Waals surface area contributed by atoms with Crippen molar-refractivity contribution in [2.24, 2.45) is 7.05 Å². The number of rotatable bonds is 1. The molecule has 2 rings (SSSR count). The van der Waals surface area contributed by atoms with Gasteiger partial charge < -0.3 is 0 Å². The molecule has 68 valence electrons. The van der Waals surface area contributed by atoms with Crippen molar-refractivity contribution in [3.63, 3.8) is 0 Å². The molecule has 0 fully saturated rings. The van der Waals surface area contributed by atoms with Crippen LogP contribution in [0.4, 0.5) is 0 Å². The van der Waals surface area contributed by atoms with Crippen molar-refractivity contribution in [1.82, 2.24) is 20.0 Å². The van der Waals surface area contributed by atoms with Gasteiger partial charge in [0.2, 0.25) is 0 Å². The first-order chi connectivity index (χ1) is 6.18. The molecule has 4 nitrogen and oxygen atoms in total. The minimum absolute atomic E-state index is 0.940. The van der Waals surface area contributed by atoms with E-state index in [1.54, 1.807) is 11.3 Å². The Kier molecular flexibility index (Phi) is 2.33. The van der Waals surface area contributed by atoms with Crippen LogP contribution in [-0.2, 0) is 7.05 Å². The summed E-state index contributed by atoms with van der Waals surface area (Å²) in [6, 6.07) is 0. The average molecular weight is 306 g/mol. The van der Waals surface area contributed by atoms with E-state index in [1.807, 2.05) is 24.9 Å². The molecule has 0 unspecified atom stereocenters. The monoisotopic (exact) mass is 306 g/mol. The van der Waals surface area contributed by atoms with E-state index >= 15 is 0 Å². The zero-order valence-electron chi connectivity index (χ0n) is 7.15. The Morgan fingerprint density at radius 3 is 2.69 bits per heavy atom. The zero-order valence-corrected chi connectivity index (χ0v) is 10.1. The molecule has 0 aliphatic heterocycles. The van der Waals surface area contributed by atoms with E-state index < -0.39 is 0 Å². The van der Waals surface area contributed by atoms with Crippen LogP contribution < -0.4 is 0 Å². The molecule has 0 saturated carbocycles. The van der Waals surface area contributed by atoms with Crippen LogP contribution in [0.5, 0.6) is 0 Å². The Morgan fingerprint density at radius 1 is 1.46 bits per heavy atom. The standard InChI is InChI=1S/C7H7IN4S/c1-4-5(3-9-12(4)2)6-10-11-7(8)13-6/h3H,1-2H3. The summed E-state index contributed by atoms with van der Waals surface area (Å²) in [6.07, 6.45) is 1.83. The first-order valence-electron chi connectivity index (χ1n) is 3.66. The average Bonchev–Trinajstić information content (AvgIpc) is 2.62. The number of hydrogen-bond acceptors (Lipinski definition) is 4. The van der Waals surface area contributed by atoms with Crippen molar-refractivity contribution in [3.05, 3.63) is 14.9 Å². The summed E-state index contributed by atoms with van der Waals surface area (Å²) in [4.78, 5) is 0. The lowest BCUT2D eigenvalue weighted by Crippen LogP contribution is -1.92. The number of aromatic nitrogens is 4. The lowest BCUT2D eigenvalue weighted by molar-refractivity contribution is 0.740. The summed E-state index contributed by atoms with van der Waals surface area (Å²) in [7, 11) is 1.92. The normalized spacial score (nSPS) is 10.7. The molecule has 2 aromatic rings. The predicted octanol–water partition coefficient (Wildman–Crippen LogP) is 1.85. The van der Waals surface area contributed by atoms with Gasteiger partial charge >= 0.3 is 0 Å². The van der Waals surface area contributed by atoms with Crippen LogP contribution in [0.3, 0.4) is 0 Å². The minimum Gasteiger partial charge on any atom is -0.272 e. The first-order valence-corrected chi connectivity index (χ1v) is 5.56. The van der Waals surface area contributed by atoms with E-state index in [0.717, 1.165) is 19.3 Å². The van der Waals surface area contributed by atoms with E-state index in [2.05, 4.69) is 37.9 Å². The lowest BCUT2D eigenvalue weighted by atomic mass is 10.3. The van der Waals surface area contributed by atoms with Crippen LogP contribution in [0.1, 0.15) is 5.69 Å². The minimum atomic E-state index is 0.940. The molecular formula is C7H7IN4S. The maximum atomic E-state index is 4.15. The molecule has 0 N–H and O–H groups in total. The van der Waals surface area contributed by atoms with Crippen molar-refractivity contribution in [2.75, 3.05) is 0 Å². The van der Waals surface area contributed by atoms with E-state index in [0.29, 0.717) is 0 Å². The van der Waals surface area contributed by atoms with Gasteiger partial charge in [0, 0.05) is 12.7 Å². The van der Waals surface area contributed by atoms with Crippen LogP contribution in [0.15, 0.2) is 6.20 Å². The fourth-order valence-corrected chi connectivity index (χ4v) is 2.39. The molecular weight excluding hydrogens is 299 g/mol. The molecule has 0 radical (unpaired) electrons. The van der Waals surface area contributed by atoms with Crippen LogP contribution in [0.25, 0.3) is 10.6 Å². The summed E-state index contributed by atoms with van der Waals surface area (Å²) < 4.78 is 2.79. The van der Waals surface area contributed by atoms with Gasteiger partial charge in [0.25, 0.3) is 0 Å². The smallest absolute Gasteiger partial charge is 0.178 e. The first kappa shape index (κ1) is 9.07. The van der Waals surface area contributed by atoms with Gasteiger partial charge in [0.05, 0.1) is 11.8 Å². The number of aryl methyl sites for hydroxylation is 1. The maximum absolute atomic E-state index is 4.15. The van der Waals surface area contributed by atoms with Crippen molar-refractivity contribution in [2.45, 2.75) is 6.92 Å². The second-order valence-electron chi connectivity index (χ2n) is 2.63. The third-order valence-electron chi connectivity index (χ3n) is 1.87. The molecule has 13 heavy (non-hydrogen) atoms. The fraction of sp³-hybridized carbons (Fsp3) is 0.286. The Labute approximate surface area is 93.1 Å². The Hall–Kier alpha value is -0.500. The van der Waals surface area contributed by atoms with Gasteiger partial charge in [0.1, 0.15) is 0 Å². The quantitative estimate of drug-likeness (QED) is 0.755. The van der Waals surface area contributed by atoms with Gasteiger partial charge in [-0.2, -0.15) is 5.10 Å². The third kappa shape index (κ3) is 1.60. The number of hydrogen-bond donors (Lipinski definition) is 0. The summed E-state index contributed by atoms with van der Waals surface area (Å²) >= 11 is 3.74. The third-order valence-corrected chi connectivity index (χ3v) is 3.49. The Bertz CT molecular complexity index is 433. The highest BCUT2D eigenvalue weighted by atomic mass is 127. The molecule has 0 aromatic carbocycles. The highest BCUT2D eigenvalue weighted by molar-refractivity contribution is 14.1. The van der Waals surface area contributed by atoms with Crippen molar-refractivity contribution in [1.29, 1.82) is 0 Å². The van der Waals surface area contributed by atoms with Gasteiger partial charge in [-0.3, -0.25) is 4.68 Å².